The molecule has 2 fully saturated rings. The van der Waals surface area contributed by atoms with E-state index in [9.17, 15) is 4.79 Å². The van der Waals surface area contributed by atoms with Crippen LogP contribution in [0.1, 0.15) is 18.4 Å². The van der Waals surface area contributed by atoms with E-state index >= 15 is 0 Å². The second kappa shape index (κ2) is 9.91. The van der Waals surface area contributed by atoms with Crippen molar-refractivity contribution in [2.75, 3.05) is 56.5 Å². The number of piperidine rings is 1. The van der Waals surface area contributed by atoms with Gasteiger partial charge in [0.05, 0.1) is 11.7 Å². The van der Waals surface area contributed by atoms with Crippen LogP contribution in [0.15, 0.2) is 36.8 Å². The Morgan fingerprint density at radius 2 is 1.83 bits per heavy atom. The first-order valence-electron chi connectivity index (χ1n) is 12.0. The first-order chi connectivity index (χ1) is 17.0. The van der Waals surface area contributed by atoms with Gasteiger partial charge in [-0.2, -0.15) is 0 Å². The minimum Gasteiger partial charge on any atom is -0.490 e. The summed E-state index contributed by atoms with van der Waals surface area (Å²) in [5.41, 5.74) is 2.71. The Balaban J connectivity index is 1.30. The van der Waals surface area contributed by atoms with E-state index in [0.717, 1.165) is 65.7 Å². The summed E-state index contributed by atoms with van der Waals surface area (Å²) >= 11 is 0. The lowest BCUT2D eigenvalue weighted by atomic mass is 10.1. The molecule has 2 aliphatic rings. The van der Waals surface area contributed by atoms with Crippen molar-refractivity contribution < 1.29 is 14.6 Å². The normalized spacial score (nSPS) is 17.5. The summed E-state index contributed by atoms with van der Waals surface area (Å²) in [4.78, 5) is 30.7. The topological polar surface area (TPSA) is 107 Å². The fraction of sp³-hybridized carbons (Fsp3) is 0.440. The zero-order valence-corrected chi connectivity index (χ0v) is 20.1. The number of pyridine rings is 1. The van der Waals surface area contributed by atoms with Crippen molar-refractivity contribution in [3.05, 3.63) is 42.4 Å². The Morgan fingerprint density at radius 1 is 1.06 bits per heavy atom. The van der Waals surface area contributed by atoms with Crippen LogP contribution < -0.4 is 15.0 Å². The molecule has 35 heavy (non-hydrogen) atoms. The van der Waals surface area contributed by atoms with Crippen LogP contribution in [-0.2, 0) is 0 Å². The Hall–Kier alpha value is -3.66. The Labute approximate surface area is 204 Å². The number of fused-ring (bicyclic) bond motifs is 1. The fourth-order valence-corrected chi connectivity index (χ4v) is 4.60. The number of nitrogens with one attached hydrogen (secondary N) is 1. The summed E-state index contributed by atoms with van der Waals surface area (Å²) in [5, 5.41) is 13.5. The van der Waals surface area contributed by atoms with Gasteiger partial charge in [-0.1, -0.05) is 0 Å². The predicted molar refractivity (Wildman–Crippen MR) is 135 cm³/mol. The molecule has 0 spiro atoms. The van der Waals surface area contributed by atoms with Gasteiger partial charge in [-0.3, -0.25) is 0 Å². The molecule has 1 amide bonds. The number of hydrogen-bond donors (Lipinski definition) is 2. The maximum atomic E-state index is 11.1. The van der Waals surface area contributed by atoms with Gasteiger partial charge in [-0.05, 0) is 43.8 Å². The molecule has 1 aromatic carbocycles. The van der Waals surface area contributed by atoms with E-state index in [4.69, 9.17) is 9.84 Å². The van der Waals surface area contributed by atoms with Crippen molar-refractivity contribution in [2.24, 2.45) is 0 Å². The number of carboxylic acid groups (broad SMARTS) is 1. The highest BCUT2D eigenvalue weighted by atomic mass is 16.5. The summed E-state index contributed by atoms with van der Waals surface area (Å²) in [6.07, 6.45) is 3.92. The predicted octanol–water partition coefficient (Wildman–Crippen LogP) is 3.35. The number of likely N-dealkylation sites (N-methyl/N-ethyl adjacent to an activating group) is 1. The number of carbonyl (C=O) groups is 1. The molecule has 4 heterocycles. The number of aromatic nitrogens is 3. The number of nitrogens with zero attached hydrogens (tertiary/aromatic N) is 6. The smallest absolute Gasteiger partial charge is 0.407 e. The first-order valence-corrected chi connectivity index (χ1v) is 12.0. The second-order valence-electron chi connectivity index (χ2n) is 9.26. The third kappa shape index (κ3) is 5.22. The summed E-state index contributed by atoms with van der Waals surface area (Å²) in [5.74, 6) is 2.50. The lowest BCUT2D eigenvalue weighted by molar-refractivity contribution is 0.0891. The summed E-state index contributed by atoms with van der Waals surface area (Å²) in [7, 11) is 2.14. The van der Waals surface area contributed by atoms with Crippen molar-refractivity contribution in [2.45, 2.75) is 25.9 Å². The second-order valence-corrected chi connectivity index (χ2v) is 9.26. The molecule has 0 bridgehead atoms. The van der Waals surface area contributed by atoms with E-state index in [1.807, 2.05) is 31.3 Å². The number of amides is 1. The van der Waals surface area contributed by atoms with Crippen LogP contribution >= 0.6 is 0 Å². The van der Waals surface area contributed by atoms with Gasteiger partial charge in [0.2, 0.25) is 0 Å². The standard InChI is InChI=1S/C25H31N7O3/c1-17-13-18(3-4-22(17)35-19-5-7-32(8-6-19)25(33)34)29-24-20-14-23(26-15-21(20)27-16-28-24)31-11-9-30(2)10-12-31/h3-4,13-16,19H,5-12H2,1-2H3,(H,33,34)(H,27,28,29). The number of ether oxygens (including phenoxy) is 1. The first kappa shape index (κ1) is 23.1. The fourth-order valence-electron chi connectivity index (χ4n) is 4.60. The molecule has 184 valence electrons. The molecule has 2 N–H and O–H groups in total. The van der Waals surface area contributed by atoms with E-state index < -0.39 is 6.09 Å². The molecule has 2 aliphatic heterocycles. The third-order valence-electron chi connectivity index (χ3n) is 6.78. The molecule has 2 aromatic heterocycles. The number of anilines is 3. The van der Waals surface area contributed by atoms with Gasteiger partial charge in [-0.25, -0.2) is 19.7 Å². The van der Waals surface area contributed by atoms with Crippen LogP contribution in [0.4, 0.5) is 22.1 Å². The Morgan fingerprint density at radius 3 is 2.54 bits per heavy atom. The third-order valence-corrected chi connectivity index (χ3v) is 6.78. The monoisotopic (exact) mass is 477 g/mol. The maximum absolute atomic E-state index is 11.1. The van der Waals surface area contributed by atoms with Gasteiger partial charge < -0.3 is 29.9 Å². The zero-order chi connectivity index (χ0) is 24.4. The minimum absolute atomic E-state index is 0.0226. The lowest BCUT2D eigenvalue weighted by Gasteiger charge is -2.33. The molecule has 0 saturated carbocycles. The van der Waals surface area contributed by atoms with E-state index in [1.54, 1.807) is 6.33 Å². The molecule has 0 unspecified atom stereocenters. The van der Waals surface area contributed by atoms with E-state index in [0.29, 0.717) is 25.9 Å². The van der Waals surface area contributed by atoms with Crippen molar-refractivity contribution in [3.63, 3.8) is 0 Å². The van der Waals surface area contributed by atoms with Gasteiger partial charge >= 0.3 is 6.09 Å². The number of likely N-dealkylation sites (tertiary alicyclic amines) is 1. The number of benzene rings is 1. The van der Waals surface area contributed by atoms with Gasteiger partial charge in [0.25, 0.3) is 0 Å². The Bertz CT molecular complexity index is 1200. The maximum Gasteiger partial charge on any atom is 0.407 e. The van der Waals surface area contributed by atoms with Crippen molar-refractivity contribution in [3.8, 4) is 5.75 Å². The van der Waals surface area contributed by atoms with Crippen molar-refractivity contribution in [1.82, 2.24) is 24.8 Å². The molecule has 2 saturated heterocycles. The molecule has 0 radical (unpaired) electrons. The van der Waals surface area contributed by atoms with Crippen LogP contribution in [0.25, 0.3) is 10.9 Å². The van der Waals surface area contributed by atoms with Crippen LogP contribution in [0, 0.1) is 6.92 Å². The van der Waals surface area contributed by atoms with Gasteiger partial charge in [-0.15, -0.1) is 0 Å². The largest absolute Gasteiger partial charge is 0.490 e. The van der Waals surface area contributed by atoms with Crippen LogP contribution in [0.2, 0.25) is 0 Å². The van der Waals surface area contributed by atoms with E-state index in [1.165, 1.54) is 4.90 Å². The number of aryl methyl sites for hydroxylation is 1. The van der Waals surface area contributed by atoms with E-state index in [-0.39, 0.29) is 6.10 Å². The Kier molecular flexibility index (Phi) is 6.54. The number of hydrogen-bond acceptors (Lipinski definition) is 8. The molecule has 10 heteroatoms. The molecule has 0 atom stereocenters. The molecular weight excluding hydrogens is 446 g/mol. The lowest BCUT2D eigenvalue weighted by Crippen LogP contribution is -2.44. The van der Waals surface area contributed by atoms with Gasteiger partial charge in [0.15, 0.2) is 0 Å². The highest BCUT2D eigenvalue weighted by Gasteiger charge is 2.24. The number of piperazine rings is 1. The number of rotatable bonds is 5. The minimum atomic E-state index is -0.862. The summed E-state index contributed by atoms with van der Waals surface area (Å²) in [6.45, 7) is 6.95. The zero-order valence-electron chi connectivity index (χ0n) is 20.1. The average molecular weight is 478 g/mol. The highest BCUT2D eigenvalue weighted by Crippen LogP contribution is 2.30. The molecule has 3 aromatic rings. The van der Waals surface area contributed by atoms with Crippen LogP contribution in [0.5, 0.6) is 5.75 Å². The van der Waals surface area contributed by atoms with E-state index in [2.05, 4.69) is 43.2 Å². The quantitative estimate of drug-likeness (QED) is 0.572. The van der Waals surface area contributed by atoms with Gasteiger partial charge in [0.1, 0.15) is 29.8 Å². The summed E-state index contributed by atoms with van der Waals surface area (Å²) in [6, 6.07) is 8.04. The van der Waals surface area contributed by atoms with Crippen LogP contribution in [-0.4, -0.2) is 88.4 Å². The van der Waals surface area contributed by atoms with Crippen LogP contribution in [0.3, 0.4) is 0 Å². The molecular formula is C25H31N7O3. The molecule has 5 rings (SSSR count). The van der Waals surface area contributed by atoms with Crippen molar-refractivity contribution in [1.29, 1.82) is 0 Å². The highest BCUT2D eigenvalue weighted by molar-refractivity contribution is 5.91. The van der Waals surface area contributed by atoms with Crippen molar-refractivity contribution >= 4 is 34.3 Å². The SMILES string of the molecule is Cc1cc(Nc2ncnc3cnc(N4CCN(C)CC4)cc23)ccc1OC1CCN(C(=O)O)CC1. The van der Waals surface area contributed by atoms with Gasteiger partial charge in [0, 0.05) is 63.2 Å². The average Bonchev–Trinajstić information content (AvgIpc) is 2.86. The molecule has 10 nitrogen and oxygen atoms in total. The summed E-state index contributed by atoms with van der Waals surface area (Å²) < 4.78 is 6.19. The molecule has 0 aliphatic carbocycles.